The van der Waals surface area contributed by atoms with E-state index in [4.69, 9.17) is 10.00 Å². The Morgan fingerprint density at radius 1 is 1.28 bits per heavy atom. The Hall–Kier alpha value is -1.17. The van der Waals surface area contributed by atoms with Crippen molar-refractivity contribution >= 4 is 22.4 Å². The van der Waals surface area contributed by atoms with E-state index in [1.54, 1.807) is 7.11 Å². The zero-order chi connectivity index (χ0) is 17.2. The van der Waals surface area contributed by atoms with Crippen LogP contribution >= 0.6 is 12.4 Å². The van der Waals surface area contributed by atoms with Gasteiger partial charge in [-0.1, -0.05) is 0 Å². The zero-order valence-electron chi connectivity index (χ0n) is 14.2. The molecule has 1 saturated carbocycles. The first kappa shape index (κ1) is 20.1. The Bertz CT molecular complexity index is 714. The number of nitriles is 1. The molecule has 2 atom stereocenters. The van der Waals surface area contributed by atoms with Crippen LogP contribution in [0, 0.1) is 23.2 Å². The molecule has 0 spiro atoms. The summed E-state index contributed by atoms with van der Waals surface area (Å²) in [5.74, 6) is 1.00. The molecule has 25 heavy (non-hydrogen) atoms. The summed E-state index contributed by atoms with van der Waals surface area (Å²) in [5, 5.41) is 8.83. The van der Waals surface area contributed by atoms with Crippen LogP contribution in [0.2, 0.25) is 0 Å². The van der Waals surface area contributed by atoms with Gasteiger partial charge in [0.05, 0.1) is 23.1 Å². The number of halogens is 1. The lowest BCUT2D eigenvalue weighted by molar-refractivity contribution is 0.158. The van der Waals surface area contributed by atoms with Crippen LogP contribution in [0.5, 0.6) is 0 Å². The molecule has 1 N–H and O–H groups in total. The van der Waals surface area contributed by atoms with Gasteiger partial charge >= 0.3 is 0 Å². The number of rotatable bonds is 7. The highest BCUT2D eigenvalue weighted by Gasteiger charge is 2.43. The maximum Gasteiger partial charge on any atom is 0.240 e. The molecule has 1 aliphatic heterocycles. The summed E-state index contributed by atoms with van der Waals surface area (Å²) in [4.78, 5) is 2.49. The summed E-state index contributed by atoms with van der Waals surface area (Å²) in [7, 11) is -1.89. The van der Waals surface area contributed by atoms with Gasteiger partial charge in [0.1, 0.15) is 0 Å². The standard InChI is InChI=1S/C17H23N3O3S.ClH/c1-23-9-8-20-11-16(14-4-5-14)17(12-20)19-24(21,22)15-6-2-13(10-18)3-7-15;/h2-3,6-7,14,16-17,19H,4-5,8-9,11-12H2,1H3;1H/t16-,17+;/m1./s1. The Balaban J connectivity index is 0.00000225. The van der Waals surface area contributed by atoms with E-state index in [9.17, 15) is 8.42 Å². The third kappa shape index (κ3) is 4.93. The van der Waals surface area contributed by atoms with E-state index in [0.717, 1.165) is 19.6 Å². The Labute approximate surface area is 155 Å². The molecule has 8 heteroatoms. The molecule has 1 saturated heterocycles. The van der Waals surface area contributed by atoms with Gasteiger partial charge in [0.25, 0.3) is 0 Å². The lowest BCUT2D eigenvalue weighted by atomic mass is 9.99. The van der Waals surface area contributed by atoms with E-state index in [1.807, 2.05) is 6.07 Å². The predicted molar refractivity (Wildman–Crippen MR) is 97.0 cm³/mol. The van der Waals surface area contributed by atoms with Crippen LogP contribution in [-0.2, 0) is 14.8 Å². The Morgan fingerprint density at radius 2 is 1.96 bits per heavy atom. The summed E-state index contributed by atoms with van der Waals surface area (Å²) < 4.78 is 33.3. The molecule has 1 aromatic carbocycles. The molecule has 0 bridgehead atoms. The van der Waals surface area contributed by atoms with E-state index in [0.29, 0.717) is 24.0 Å². The summed E-state index contributed by atoms with van der Waals surface area (Å²) in [6.45, 7) is 3.13. The molecule has 0 unspecified atom stereocenters. The number of benzene rings is 1. The summed E-state index contributed by atoms with van der Waals surface area (Å²) in [6, 6.07) is 7.99. The highest BCUT2D eigenvalue weighted by atomic mass is 35.5. The van der Waals surface area contributed by atoms with E-state index < -0.39 is 10.0 Å². The van der Waals surface area contributed by atoms with Gasteiger partial charge in [-0.25, -0.2) is 13.1 Å². The van der Waals surface area contributed by atoms with Crippen LogP contribution in [0.1, 0.15) is 18.4 Å². The highest BCUT2D eigenvalue weighted by molar-refractivity contribution is 7.89. The van der Waals surface area contributed by atoms with Crippen LogP contribution in [0.4, 0.5) is 0 Å². The van der Waals surface area contributed by atoms with Crippen LogP contribution in [0.25, 0.3) is 0 Å². The van der Waals surface area contributed by atoms with Crippen LogP contribution in [-0.4, -0.2) is 52.7 Å². The molecule has 2 fully saturated rings. The summed E-state index contributed by atoms with van der Waals surface area (Å²) in [5.41, 5.74) is 0.455. The van der Waals surface area contributed by atoms with Crippen LogP contribution in [0.3, 0.4) is 0 Å². The number of nitrogens with zero attached hydrogens (tertiary/aromatic N) is 2. The van der Waals surface area contributed by atoms with E-state index >= 15 is 0 Å². The molecule has 0 amide bonds. The van der Waals surface area contributed by atoms with Crippen LogP contribution in [0.15, 0.2) is 29.2 Å². The minimum Gasteiger partial charge on any atom is -0.383 e. The fourth-order valence-corrected chi connectivity index (χ4v) is 4.70. The zero-order valence-corrected chi connectivity index (χ0v) is 15.9. The number of ether oxygens (including phenoxy) is 1. The number of hydrogen-bond donors (Lipinski definition) is 1. The second-order valence-corrected chi connectivity index (χ2v) is 8.33. The van der Waals surface area contributed by atoms with Crippen molar-refractivity contribution in [2.45, 2.75) is 23.8 Å². The molecule has 1 aliphatic carbocycles. The average Bonchev–Trinajstić information content (AvgIpc) is 3.35. The molecule has 1 heterocycles. The van der Waals surface area contributed by atoms with Crippen molar-refractivity contribution in [2.75, 3.05) is 33.4 Å². The smallest absolute Gasteiger partial charge is 0.240 e. The minimum absolute atomic E-state index is 0. The van der Waals surface area contributed by atoms with Gasteiger partial charge in [0.15, 0.2) is 0 Å². The molecule has 3 rings (SSSR count). The van der Waals surface area contributed by atoms with E-state index in [-0.39, 0.29) is 23.3 Å². The van der Waals surface area contributed by atoms with Crippen LogP contribution < -0.4 is 4.72 Å². The molecule has 138 valence electrons. The first-order valence-electron chi connectivity index (χ1n) is 8.27. The molecule has 2 aliphatic rings. The topological polar surface area (TPSA) is 82.4 Å². The third-order valence-corrected chi connectivity index (χ3v) is 6.39. The monoisotopic (exact) mass is 385 g/mol. The fourth-order valence-electron chi connectivity index (χ4n) is 3.42. The molecular weight excluding hydrogens is 362 g/mol. The van der Waals surface area contributed by atoms with Crippen molar-refractivity contribution in [3.63, 3.8) is 0 Å². The van der Waals surface area contributed by atoms with Crippen molar-refractivity contribution in [3.05, 3.63) is 29.8 Å². The van der Waals surface area contributed by atoms with Crippen molar-refractivity contribution in [1.29, 1.82) is 5.26 Å². The second-order valence-electron chi connectivity index (χ2n) is 6.62. The Kier molecular flexibility index (Phi) is 6.83. The SMILES string of the molecule is COCCN1C[C@H](NS(=O)(=O)c2ccc(C#N)cc2)[C@@H](C2CC2)C1.Cl. The molecule has 0 radical (unpaired) electrons. The van der Waals surface area contributed by atoms with Gasteiger partial charge < -0.3 is 4.74 Å². The molecule has 6 nitrogen and oxygen atoms in total. The number of methoxy groups -OCH3 is 1. The first-order chi connectivity index (χ1) is 11.5. The van der Waals surface area contributed by atoms with Gasteiger partial charge in [-0.3, -0.25) is 4.90 Å². The maximum atomic E-state index is 12.7. The summed E-state index contributed by atoms with van der Waals surface area (Å²) >= 11 is 0. The quantitative estimate of drug-likeness (QED) is 0.771. The second kappa shape index (κ2) is 8.47. The number of likely N-dealkylation sites (tertiary alicyclic amines) is 1. The molecular formula is C17H24ClN3O3S. The average molecular weight is 386 g/mol. The minimum atomic E-state index is -3.57. The maximum absolute atomic E-state index is 12.7. The number of hydrogen-bond acceptors (Lipinski definition) is 5. The van der Waals surface area contributed by atoms with Gasteiger partial charge in [0, 0.05) is 32.8 Å². The van der Waals surface area contributed by atoms with Crippen molar-refractivity contribution in [2.24, 2.45) is 11.8 Å². The normalized spacial score (nSPS) is 23.8. The number of sulfonamides is 1. The fraction of sp³-hybridized carbons (Fsp3) is 0.588. The summed E-state index contributed by atoms with van der Waals surface area (Å²) in [6.07, 6.45) is 2.38. The third-order valence-electron chi connectivity index (χ3n) is 4.88. The van der Waals surface area contributed by atoms with Gasteiger partial charge in [0.2, 0.25) is 10.0 Å². The molecule has 0 aromatic heterocycles. The first-order valence-corrected chi connectivity index (χ1v) is 9.75. The lowest BCUT2D eigenvalue weighted by Gasteiger charge is -2.19. The predicted octanol–water partition coefficient (Wildman–Crippen LogP) is 1.62. The number of nitrogens with one attached hydrogen (secondary N) is 1. The van der Waals surface area contributed by atoms with E-state index in [2.05, 4.69) is 9.62 Å². The van der Waals surface area contributed by atoms with E-state index in [1.165, 1.54) is 37.1 Å². The van der Waals surface area contributed by atoms with Gasteiger partial charge in [-0.2, -0.15) is 5.26 Å². The Morgan fingerprint density at radius 3 is 2.52 bits per heavy atom. The largest absolute Gasteiger partial charge is 0.383 e. The van der Waals surface area contributed by atoms with Crippen molar-refractivity contribution in [1.82, 2.24) is 9.62 Å². The van der Waals surface area contributed by atoms with Gasteiger partial charge in [-0.05, 0) is 48.9 Å². The van der Waals surface area contributed by atoms with Crippen molar-refractivity contribution in [3.8, 4) is 6.07 Å². The highest BCUT2D eigenvalue weighted by Crippen LogP contribution is 2.41. The lowest BCUT2D eigenvalue weighted by Crippen LogP contribution is -2.41. The van der Waals surface area contributed by atoms with Gasteiger partial charge in [-0.15, -0.1) is 12.4 Å². The van der Waals surface area contributed by atoms with Crippen molar-refractivity contribution < 1.29 is 13.2 Å². The molecule has 1 aromatic rings.